The number of benzene rings is 2. The Kier molecular flexibility index (Phi) is 5.76. The van der Waals surface area contributed by atoms with Gasteiger partial charge in [-0.1, -0.05) is 18.2 Å². The van der Waals surface area contributed by atoms with Gasteiger partial charge in [0.1, 0.15) is 17.3 Å². The molecule has 0 aliphatic carbocycles. The quantitative estimate of drug-likeness (QED) is 0.481. The van der Waals surface area contributed by atoms with Gasteiger partial charge in [0.05, 0.1) is 18.5 Å². The van der Waals surface area contributed by atoms with E-state index in [2.05, 4.69) is 15.4 Å². The fourth-order valence-electron chi connectivity index (χ4n) is 2.83. The Morgan fingerprint density at radius 3 is 2.60 bits per heavy atom. The molecule has 2 aromatic carbocycles. The number of aryl methyl sites for hydroxylation is 1. The first-order valence-electron chi connectivity index (χ1n) is 9.27. The van der Waals surface area contributed by atoms with Crippen LogP contribution in [-0.2, 0) is 4.79 Å². The van der Waals surface area contributed by atoms with Gasteiger partial charge in [-0.25, -0.2) is 4.98 Å². The standard InChI is InChI=1S/C22H20N4O3S/c1-15-12-20(24-21(27)13-29-18-6-4-3-5-7-18)26(25-15)22-23-19(14-30-22)16-8-10-17(28-2)11-9-16/h3-12,14H,13H2,1-2H3,(H,24,27). The highest BCUT2D eigenvalue weighted by Gasteiger charge is 2.15. The number of carbonyl (C=O) groups excluding carboxylic acids is 1. The number of nitrogens with one attached hydrogen (secondary N) is 1. The van der Waals surface area contributed by atoms with Gasteiger partial charge in [-0.2, -0.15) is 9.78 Å². The normalized spacial score (nSPS) is 10.6. The molecule has 1 amide bonds. The molecule has 7 nitrogen and oxygen atoms in total. The van der Waals surface area contributed by atoms with Crippen molar-refractivity contribution in [2.24, 2.45) is 0 Å². The van der Waals surface area contributed by atoms with Crippen LogP contribution < -0.4 is 14.8 Å². The zero-order valence-electron chi connectivity index (χ0n) is 16.5. The van der Waals surface area contributed by atoms with Crippen molar-refractivity contribution in [3.8, 4) is 27.9 Å². The molecule has 1 N–H and O–H groups in total. The van der Waals surface area contributed by atoms with Gasteiger partial charge < -0.3 is 14.8 Å². The lowest BCUT2D eigenvalue weighted by atomic mass is 10.2. The van der Waals surface area contributed by atoms with E-state index in [1.807, 2.05) is 54.8 Å². The predicted octanol–water partition coefficient (Wildman–Crippen LogP) is 4.33. The number of thiazole rings is 1. The minimum Gasteiger partial charge on any atom is -0.497 e. The molecule has 0 bridgehead atoms. The number of methoxy groups -OCH3 is 1. The lowest BCUT2D eigenvalue weighted by Gasteiger charge is -2.08. The molecular weight excluding hydrogens is 400 g/mol. The van der Waals surface area contributed by atoms with Crippen LogP contribution >= 0.6 is 11.3 Å². The summed E-state index contributed by atoms with van der Waals surface area (Å²) in [7, 11) is 1.64. The number of hydrogen-bond donors (Lipinski definition) is 1. The van der Waals surface area contributed by atoms with E-state index in [9.17, 15) is 4.79 Å². The van der Waals surface area contributed by atoms with Gasteiger partial charge in [-0.05, 0) is 43.3 Å². The molecule has 30 heavy (non-hydrogen) atoms. The van der Waals surface area contributed by atoms with Crippen LogP contribution in [0.4, 0.5) is 5.82 Å². The summed E-state index contributed by atoms with van der Waals surface area (Å²) in [6.07, 6.45) is 0. The summed E-state index contributed by atoms with van der Waals surface area (Å²) >= 11 is 1.45. The van der Waals surface area contributed by atoms with Gasteiger partial charge in [0.25, 0.3) is 5.91 Å². The molecular formula is C22H20N4O3S. The number of hydrogen-bond acceptors (Lipinski definition) is 6. The third kappa shape index (κ3) is 4.49. The number of carbonyl (C=O) groups is 1. The van der Waals surface area contributed by atoms with Crippen molar-refractivity contribution >= 4 is 23.1 Å². The zero-order chi connectivity index (χ0) is 20.9. The molecule has 0 saturated heterocycles. The summed E-state index contributed by atoms with van der Waals surface area (Å²) in [5.41, 5.74) is 2.58. The summed E-state index contributed by atoms with van der Waals surface area (Å²) in [4.78, 5) is 17.0. The van der Waals surface area contributed by atoms with Crippen molar-refractivity contribution in [2.75, 3.05) is 19.0 Å². The largest absolute Gasteiger partial charge is 0.497 e. The van der Waals surface area contributed by atoms with Crippen LogP contribution in [0.1, 0.15) is 5.69 Å². The summed E-state index contributed by atoms with van der Waals surface area (Å²) in [6.45, 7) is 1.77. The number of ether oxygens (including phenoxy) is 2. The summed E-state index contributed by atoms with van der Waals surface area (Å²) in [5.74, 6) is 1.71. The number of aromatic nitrogens is 3. The molecule has 2 aromatic heterocycles. The molecule has 0 fully saturated rings. The molecule has 0 spiro atoms. The number of amides is 1. The maximum Gasteiger partial charge on any atom is 0.263 e. The van der Waals surface area contributed by atoms with Crippen LogP contribution in [-0.4, -0.2) is 34.4 Å². The topological polar surface area (TPSA) is 78.3 Å². The molecule has 0 atom stereocenters. The smallest absolute Gasteiger partial charge is 0.263 e. The maximum absolute atomic E-state index is 12.4. The van der Waals surface area contributed by atoms with Gasteiger partial charge in [0.2, 0.25) is 5.13 Å². The van der Waals surface area contributed by atoms with Crippen molar-refractivity contribution in [3.05, 3.63) is 71.7 Å². The average molecular weight is 420 g/mol. The lowest BCUT2D eigenvalue weighted by Crippen LogP contribution is -2.21. The van der Waals surface area contributed by atoms with Crippen LogP contribution in [0, 0.1) is 6.92 Å². The molecule has 0 unspecified atom stereocenters. The van der Waals surface area contributed by atoms with Crippen LogP contribution in [0.5, 0.6) is 11.5 Å². The summed E-state index contributed by atoms with van der Waals surface area (Å²) < 4.78 is 12.3. The van der Waals surface area contributed by atoms with Crippen LogP contribution in [0.15, 0.2) is 66.0 Å². The molecule has 0 aliphatic rings. The van der Waals surface area contributed by atoms with Crippen LogP contribution in [0.3, 0.4) is 0 Å². The van der Waals surface area contributed by atoms with E-state index < -0.39 is 0 Å². The van der Waals surface area contributed by atoms with Crippen molar-refractivity contribution < 1.29 is 14.3 Å². The molecule has 152 valence electrons. The average Bonchev–Trinajstić information content (AvgIpc) is 3.40. The molecule has 8 heteroatoms. The van der Waals surface area contributed by atoms with E-state index in [1.54, 1.807) is 30.0 Å². The SMILES string of the molecule is COc1ccc(-c2csc(-n3nc(C)cc3NC(=O)COc3ccccc3)n2)cc1. The maximum atomic E-state index is 12.4. The summed E-state index contributed by atoms with van der Waals surface area (Å²) in [5, 5.41) is 9.94. The second-order valence-corrected chi connectivity index (χ2v) is 7.31. The van der Waals surface area contributed by atoms with Crippen molar-refractivity contribution in [3.63, 3.8) is 0 Å². The molecule has 2 heterocycles. The predicted molar refractivity (Wildman–Crippen MR) is 117 cm³/mol. The van der Waals surface area contributed by atoms with Crippen molar-refractivity contribution in [1.29, 1.82) is 0 Å². The third-order valence-electron chi connectivity index (χ3n) is 4.27. The van der Waals surface area contributed by atoms with E-state index >= 15 is 0 Å². The Hall–Kier alpha value is -3.65. The van der Waals surface area contributed by atoms with E-state index in [4.69, 9.17) is 9.47 Å². The number of rotatable bonds is 7. The second kappa shape index (κ2) is 8.79. The van der Waals surface area contributed by atoms with Crippen LogP contribution in [0.2, 0.25) is 0 Å². The Labute approximate surface area is 177 Å². The first kappa shape index (κ1) is 19.7. The molecule has 0 radical (unpaired) electrons. The van der Waals surface area contributed by atoms with E-state index in [0.717, 1.165) is 22.7 Å². The van der Waals surface area contributed by atoms with E-state index in [0.29, 0.717) is 16.7 Å². The highest BCUT2D eigenvalue weighted by molar-refractivity contribution is 7.12. The Morgan fingerprint density at radius 1 is 1.10 bits per heavy atom. The fraction of sp³-hybridized carbons (Fsp3) is 0.136. The van der Waals surface area contributed by atoms with Gasteiger partial charge >= 0.3 is 0 Å². The first-order valence-corrected chi connectivity index (χ1v) is 10.1. The van der Waals surface area contributed by atoms with Gasteiger partial charge in [-0.15, -0.1) is 11.3 Å². The number of anilines is 1. The zero-order valence-corrected chi connectivity index (χ0v) is 17.3. The third-order valence-corrected chi connectivity index (χ3v) is 5.09. The number of nitrogens with zero attached hydrogens (tertiary/aromatic N) is 3. The Balaban J connectivity index is 1.49. The van der Waals surface area contributed by atoms with Crippen molar-refractivity contribution in [1.82, 2.24) is 14.8 Å². The molecule has 4 aromatic rings. The Bertz CT molecular complexity index is 1140. The molecule has 4 rings (SSSR count). The monoisotopic (exact) mass is 420 g/mol. The highest BCUT2D eigenvalue weighted by atomic mass is 32.1. The lowest BCUT2D eigenvalue weighted by molar-refractivity contribution is -0.118. The first-order chi connectivity index (χ1) is 14.6. The summed E-state index contributed by atoms with van der Waals surface area (Å²) in [6, 6.07) is 18.7. The van der Waals surface area contributed by atoms with Crippen LogP contribution in [0.25, 0.3) is 16.4 Å². The minimum atomic E-state index is -0.271. The minimum absolute atomic E-state index is 0.0940. The highest BCUT2D eigenvalue weighted by Crippen LogP contribution is 2.27. The van der Waals surface area contributed by atoms with Gasteiger partial charge in [-0.3, -0.25) is 4.79 Å². The van der Waals surface area contributed by atoms with E-state index in [-0.39, 0.29) is 12.5 Å². The fourth-order valence-corrected chi connectivity index (χ4v) is 3.63. The molecule has 0 aliphatic heterocycles. The van der Waals surface area contributed by atoms with Crippen molar-refractivity contribution in [2.45, 2.75) is 6.92 Å². The van der Waals surface area contributed by atoms with Gasteiger partial charge in [0, 0.05) is 17.0 Å². The Morgan fingerprint density at radius 2 is 1.87 bits per heavy atom. The molecule has 0 saturated carbocycles. The van der Waals surface area contributed by atoms with Gasteiger partial charge in [0.15, 0.2) is 6.61 Å². The van der Waals surface area contributed by atoms with E-state index in [1.165, 1.54) is 11.3 Å². The number of para-hydroxylation sites is 1. The second-order valence-electron chi connectivity index (χ2n) is 6.48.